The first-order valence-corrected chi connectivity index (χ1v) is 23.6. The molecule has 0 spiro atoms. The lowest BCUT2D eigenvalue weighted by Gasteiger charge is -2.51. The van der Waals surface area contributed by atoms with E-state index in [2.05, 4.69) is 15.2 Å². The van der Waals surface area contributed by atoms with Crippen LogP contribution in [0.3, 0.4) is 0 Å². The molecule has 0 aromatic rings. The Bertz CT molecular complexity index is 1650. The summed E-state index contributed by atoms with van der Waals surface area (Å²) < 4.78 is 73.2. The Morgan fingerprint density at radius 2 is 1.07 bits per heavy atom. The van der Waals surface area contributed by atoms with E-state index in [1.54, 1.807) is 0 Å². The maximum atomic E-state index is 12.7. The predicted octanol–water partition coefficient (Wildman–Crippen LogP) is -11.7. The number of hydrogen-bond donors (Lipinski definition) is 19. The van der Waals surface area contributed by atoms with Crippen molar-refractivity contribution in [1.29, 1.82) is 0 Å². The largest absolute Gasteiger partial charge is 0.472 e. The van der Waals surface area contributed by atoms with Gasteiger partial charge >= 0.3 is 7.82 Å². The molecule has 0 saturated carbocycles. The zero-order valence-corrected chi connectivity index (χ0v) is 38.4. The van der Waals surface area contributed by atoms with Gasteiger partial charge in [-0.15, -0.1) is 0 Å². The van der Waals surface area contributed by atoms with Gasteiger partial charge in [-0.1, -0.05) is 0 Å². The van der Waals surface area contributed by atoms with Crippen molar-refractivity contribution in [2.24, 2.45) is 0 Å². The lowest BCUT2D eigenvalue weighted by atomic mass is 9.94. The molecule has 32 nitrogen and oxygen atoms in total. The summed E-state index contributed by atoms with van der Waals surface area (Å²) in [6, 6.07) is -1.77. The highest BCUT2D eigenvalue weighted by molar-refractivity contribution is 7.47. The van der Waals surface area contributed by atoms with Crippen LogP contribution in [0.5, 0.6) is 0 Å². The van der Waals surface area contributed by atoms with Crippen molar-refractivity contribution in [2.45, 2.75) is 173 Å². The highest BCUT2D eigenvalue weighted by Gasteiger charge is 2.57. The second-order valence-electron chi connectivity index (χ2n) is 17.1. The summed E-state index contributed by atoms with van der Waals surface area (Å²) >= 11 is 0. The number of phosphoric ester groups is 1. The summed E-state index contributed by atoms with van der Waals surface area (Å²) in [4.78, 5) is 22.5. The quantitative estimate of drug-likeness (QED) is 0.0354. The summed E-state index contributed by atoms with van der Waals surface area (Å²) in [5.41, 5.74) is 0. The van der Waals surface area contributed by atoms with Gasteiger partial charge in [0.25, 0.3) is 0 Å². The number of carbonyl (C=O) groups excluding carboxylic acids is 1. The molecule has 410 valence electrons. The summed E-state index contributed by atoms with van der Waals surface area (Å²) in [5, 5.41) is 174. The zero-order valence-electron chi connectivity index (χ0n) is 37.5. The number of nitrogens with one attached hydrogen (secondary N) is 2. The Morgan fingerprint density at radius 1 is 0.557 bits per heavy atom. The molecule has 5 aliphatic heterocycles. The molecule has 1 amide bonds. The van der Waals surface area contributed by atoms with E-state index in [0.717, 1.165) is 6.92 Å². The number of aliphatic hydroxyl groups is 16. The van der Waals surface area contributed by atoms with Crippen LogP contribution in [0.2, 0.25) is 0 Å². The minimum Gasteiger partial charge on any atom is -0.394 e. The van der Waals surface area contributed by atoms with E-state index in [-0.39, 0.29) is 6.54 Å². The van der Waals surface area contributed by atoms with Crippen LogP contribution in [0.15, 0.2) is 0 Å². The molecule has 0 bridgehead atoms. The van der Waals surface area contributed by atoms with Crippen LogP contribution in [0.25, 0.3) is 0 Å². The maximum Gasteiger partial charge on any atom is 0.472 e. The number of aliphatic hydroxyl groups excluding tert-OH is 16. The molecular weight excluding hydrogens is 983 g/mol. The second-order valence-corrected chi connectivity index (χ2v) is 18.5. The van der Waals surface area contributed by atoms with E-state index in [1.807, 2.05) is 0 Å². The zero-order chi connectivity index (χ0) is 51.9. The third-order valence-electron chi connectivity index (χ3n) is 12.1. The van der Waals surface area contributed by atoms with E-state index in [9.17, 15) is 90.9 Å². The molecular formula is C37H67N2O30P. The van der Waals surface area contributed by atoms with Crippen LogP contribution >= 0.6 is 7.82 Å². The monoisotopic (exact) mass is 1050 g/mol. The first kappa shape index (κ1) is 59.4. The normalized spacial score (nSPS) is 46.2. The highest BCUT2D eigenvalue weighted by Crippen LogP contribution is 2.43. The Morgan fingerprint density at radius 3 is 1.67 bits per heavy atom. The second kappa shape index (κ2) is 26.3. The fourth-order valence-electron chi connectivity index (χ4n) is 8.17. The molecule has 0 aromatic heterocycles. The van der Waals surface area contributed by atoms with Gasteiger partial charge in [-0.05, 0) is 6.92 Å². The van der Waals surface area contributed by atoms with Crippen molar-refractivity contribution in [3.05, 3.63) is 0 Å². The summed E-state index contributed by atoms with van der Waals surface area (Å²) in [7, 11) is -4.71. The van der Waals surface area contributed by atoms with Crippen LogP contribution in [0, 0.1) is 0 Å². The van der Waals surface area contributed by atoms with Gasteiger partial charge in [0.2, 0.25) is 5.91 Å². The van der Waals surface area contributed by atoms with E-state index < -0.39 is 219 Å². The molecule has 5 saturated heterocycles. The van der Waals surface area contributed by atoms with Crippen molar-refractivity contribution in [1.82, 2.24) is 10.6 Å². The number of carbonyl (C=O) groups is 1. The molecule has 0 aromatic carbocycles. The van der Waals surface area contributed by atoms with E-state index in [1.165, 1.54) is 6.92 Å². The predicted molar refractivity (Wildman–Crippen MR) is 217 cm³/mol. The van der Waals surface area contributed by atoms with Gasteiger partial charge in [-0.3, -0.25) is 19.2 Å². The van der Waals surface area contributed by atoms with Crippen LogP contribution in [0.1, 0.15) is 13.8 Å². The van der Waals surface area contributed by atoms with Crippen LogP contribution in [0.4, 0.5) is 0 Å². The van der Waals surface area contributed by atoms with Gasteiger partial charge < -0.3 is 135 Å². The molecule has 0 aliphatic carbocycles. The summed E-state index contributed by atoms with van der Waals surface area (Å²) in [6.07, 6.45) is -45.5. The molecule has 5 heterocycles. The maximum absolute atomic E-state index is 12.7. The number of ether oxygens (including phenoxy) is 9. The Kier molecular flexibility index (Phi) is 22.4. The molecule has 3 unspecified atom stereocenters. The lowest BCUT2D eigenvalue weighted by Crippen LogP contribution is -2.70. The standard InChI is InChI=1S/C37H67N2O30P/c1-11-19(47)23(51)27(55)35(61-11)69-32-24(52)20(48)14(6-41)65-37(32)67-30-18(39-12(2)45)34(63-15(7-42)21(30)49)68-31-22(50)16(8-43)64-36(28(31)56)66-29-17(9-44)62-33(26(54)25(29)53)38-3-4-59-70(57,58)60-10-13(46)5-40/h11,13-38,40-44,46-56H,3-10H2,1-2H3,(H,39,45)(H,57,58)/t11-,13?,14+,15+,16+,17+,18+,19+,20-,21+,22-,23+,24-,25+,26+,27-,28+,29+,30+,31-,32+,33?,34-,35-,36-,37-/m0/s1. The van der Waals surface area contributed by atoms with Crippen LogP contribution in [-0.2, 0) is 61.0 Å². The molecule has 5 aliphatic rings. The van der Waals surface area contributed by atoms with Crippen molar-refractivity contribution >= 4 is 13.7 Å². The molecule has 33 heteroatoms. The van der Waals surface area contributed by atoms with Crippen molar-refractivity contribution in [3.8, 4) is 0 Å². The molecule has 5 fully saturated rings. The highest BCUT2D eigenvalue weighted by atomic mass is 31.2. The van der Waals surface area contributed by atoms with Gasteiger partial charge in [0, 0.05) is 13.5 Å². The summed E-state index contributed by atoms with van der Waals surface area (Å²) in [5.74, 6) is -0.855. The fourth-order valence-corrected chi connectivity index (χ4v) is 8.93. The third-order valence-corrected chi connectivity index (χ3v) is 13.0. The smallest absolute Gasteiger partial charge is 0.394 e. The lowest BCUT2D eigenvalue weighted by molar-refractivity contribution is -0.388. The first-order chi connectivity index (χ1) is 33.0. The summed E-state index contributed by atoms with van der Waals surface area (Å²) in [6.45, 7) is -3.95. The van der Waals surface area contributed by atoms with Crippen molar-refractivity contribution < 1.29 is 148 Å². The van der Waals surface area contributed by atoms with Crippen molar-refractivity contribution in [3.63, 3.8) is 0 Å². The van der Waals surface area contributed by atoms with E-state index in [0.29, 0.717) is 0 Å². The van der Waals surface area contributed by atoms with Gasteiger partial charge in [0.15, 0.2) is 25.2 Å². The number of amides is 1. The number of hydrogen-bond acceptors (Lipinski definition) is 30. The Hall–Kier alpha value is -1.46. The third kappa shape index (κ3) is 14.1. The number of phosphoric acid groups is 1. The first-order valence-electron chi connectivity index (χ1n) is 22.1. The Labute approximate surface area is 397 Å². The van der Waals surface area contributed by atoms with Crippen molar-refractivity contribution in [2.75, 3.05) is 52.8 Å². The van der Waals surface area contributed by atoms with Gasteiger partial charge in [-0.2, -0.15) is 0 Å². The van der Waals surface area contributed by atoms with Gasteiger partial charge in [0.1, 0.15) is 128 Å². The van der Waals surface area contributed by atoms with E-state index in [4.69, 9.17) is 52.3 Å². The van der Waals surface area contributed by atoms with Gasteiger partial charge in [0.05, 0.1) is 52.4 Å². The van der Waals surface area contributed by atoms with Crippen LogP contribution in [-0.4, -0.2) is 305 Å². The molecule has 5 rings (SSSR count). The Balaban J connectivity index is 1.34. The minimum atomic E-state index is -4.71. The number of rotatable bonds is 22. The topological polar surface area (TPSA) is 504 Å². The molecule has 27 atom stereocenters. The minimum absolute atomic E-state index is 0.344. The average Bonchev–Trinajstić information content (AvgIpc) is 3.33. The van der Waals surface area contributed by atoms with E-state index >= 15 is 0 Å². The molecule has 70 heavy (non-hydrogen) atoms. The SMILES string of the molecule is CC(=O)N[C@H]1[C@H](O[C@H]2[C@@H](O)[C@@H](CO)O[C@@H](O[C@H]3[C@H](O)[C@@H](O)C(NCCOP(=O)(O)OCC(O)CO)O[C@@H]3CO)[C@@H]2O)O[C@H](CO)[C@@H](O)[C@@H]1O[C@@H]1O[C@H](CO)[C@H](O)[C@H](O)[C@H]1O[C@@H]1O[C@@H](C)[C@@H](O)[C@@H](O)[C@@H]1O. The van der Waals surface area contributed by atoms with Gasteiger partial charge in [-0.25, -0.2) is 4.57 Å². The molecule has 0 radical (unpaired) electrons. The molecule has 19 N–H and O–H groups in total. The van der Waals surface area contributed by atoms with Crippen LogP contribution < -0.4 is 10.6 Å². The fraction of sp³-hybridized carbons (Fsp3) is 0.973. The average molecular weight is 1050 g/mol.